The number of carboxylic acids is 1. The lowest BCUT2D eigenvalue weighted by Gasteiger charge is -2.12. The quantitative estimate of drug-likeness (QED) is 0.857. The van der Waals surface area contributed by atoms with Crippen molar-refractivity contribution in [3.05, 3.63) is 59.7 Å². The van der Waals surface area contributed by atoms with Crippen molar-refractivity contribution in [2.24, 2.45) is 0 Å². The summed E-state index contributed by atoms with van der Waals surface area (Å²) >= 11 is 0. The second-order valence-corrected chi connectivity index (χ2v) is 4.18. The molecule has 0 radical (unpaired) electrons. The van der Waals surface area contributed by atoms with E-state index in [1.807, 2.05) is 25.1 Å². The molecule has 2 aromatic heterocycles. The minimum atomic E-state index is -1.01. The number of aromatic nitrogens is 2. The van der Waals surface area contributed by atoms with Gasteiger partial charge in [0.25, 0.3) is 0 Å². The molecule has 0 fully saturated rings. The van der Waals surface area contributed by atoms with Crippen LogP contribution in [-0.4, -0.2) is 21.0 Å². The normalized spacial score (nSPS) is 12.1. The van der Waals surface area contributed by atoms with Crippen LogP contribution >= 0.6 is 0 Å². The van der Waals surface area contributed by atoms with E-state index in [0.717, 1.165) is 5.69 Å². The predicted molar refractivity (Wildman–Crippen MR) is 70.7 cm³/mol. The largest absolute Gasteiger partial charge is 0.477 e. The summed E-state index contributed by atoms with van der Waals surface area (Å²) in [6.07, 6.45) is 1.75. The number of carbonyl (C=O) groups is 1. The summed E-state index contributed by atoms with van der Waals surface area (Å²) in [6.45, 7) is 2.50. The average Bonchev–Trinajstić information content (AvgIpc) is 2.46. The van der Waals surface area contributed by atoms with Gasteiger partial charge < -0.3 is 10.4 Å². The molecule has 2 aromatic rings. The Hall–Kier alpha value is -2.27. The Bertz CT molecular complexity index is 558. The predicted octanol–water partition coefficient (Wildman–Crippen LogP) is 2.03. The summed E-state index contributed by atoms with van der Waals surface area (Å²) in [4.78, 5) is 19.1. The Morgan fingerprint density at radius 1 is 1.32 bits per heavy atom. The highest BCUT2D eigenvalue weighted by molar-refractivity contribution is 5.85. The first kappa shape index (κ1) is 13.2. The van der Waals surface area contributed by atoms with Gasteiger partial charge in [0.1, 0.15) is 5.69 Å². The molecule has 0 aliphatic heterocycles. The van der Waals surface area contributed by atoms with Crippen molar-refractivity contribution in [1.82, 2.24) is 15.3 Å². The lowest BCUT2D eigenvalue weighted by atomic mass is 10.2. The van der Waals surface area contributed by atoms with Crippen molar-refractivity contribution in [3.8, 4) is 0 Å². The van der Waals surface area contributed by atoms with Crippen LogP contribution in [0.25, 0.3) is 0 Å². The molecule has 0 aliphatic carbocycles. The molecule has 2 N–H and O–H groups in total. The summed E-state index contributed by atoms with van der Waals surface area (Å²) in [7, 11) is 0. The first-order valence-electron chi connectivity index (χ1n) is 6.00. The molecular formula is C14H15N3O2. The zero-order valence-electron chi connectivity index (χ0n) is 10.6. The lowest BCUT2D eigenvalue weighted by Crippen LogP contribution is -2.20. The van der Waals surface area contributed by atoms with Crippen molar-refractivity contribution in [1.29, 1.82) is 0 Å². The highest BCUT2D eigenvalue weighted by Gasteiger charge is 2.08. The molecule has 0 saturated heterocycles. The van der Waals surface area contributed by atoms with E-state index in [2.05, 4.69) is 15.3 Å². The third-order valence-electron chi connectivity index (χ3n) is 2.75. The number of nitrogens with one attached hydrogen (secondary N) is 1. The lowest BCUT2D eigenvalue weighted by molar-refractivity contribution is 0.0690. The maximum atomic E-state index is 10.8. The fourth-order valence-corrected chi connectivity index (χ4v) is 1.69. The summed E-state index contributed by atoms with van der Waals surface area (Å²) in [5, 5.41) is 12.1. The second-order valence-electron chi connectivity index (χ2n) is 4.18. The summed E-state index contributed by atoms with van der Waals surface area (Å²) in [6, 6.07) is 10.8. The number of hydrogen-bond donors (Lipinski definition) is 2. The Kier molecular flexibility index (Phi) is 4.20. The highest BCUT2D eigenvalue weighted by atomic mass is 16.4. The van der Waals surface area contributed by atoms with Gasteiger partial charge in [-0.2, -0.15) is 0 Å². The fourth-order valence-electron chi connectivity index (χ4n) is 1.69. The van der Waals surface area contributed by atoms with Gasteiger partial charge in [0.2, 0.25) is 0 Å². The molecule has 5 nitrogen and oxygen atoms in total. The van der Waals surface area contributed by atoms with E-state index in [1.165, 1.54) is 6.07 Å². The van der Waals surface area contributed by atoms with E-state index >= 15 is 0 Å². The molecule has 2 heterocycles. The van der Waals surface area contributed by atoms with E-state index in [4.69, 9.17) is 5.11 Å². The Morgan fingerprint density at radius 3 is 2.84 bits per heavy atom. The molecule has 0 amide bonds. The van der Waals surface area contributed by atoms with E-state index < -0.39 is 5.97 Å². The van der Waals surface area contributed by atoms with Crippen LogP contribution in [0.15, 0.2) is 42.6 Å². The van der Waals surface area contributed by atoms with Crippen molar-refractivity contribution in [2.75, 3.05) is 0 Å². The standard InChI is InChI=1S/C14H15N3O2/c1-10(12-6-2-3-8-15-12)16-9-11-5-4-7-13(17-11)14(18)19/h2-8,10,16H,9H2,1H3,(H,18,19)/t10-/m1/s1. The van der Waals surface area contributed by atoms with E-state index in [0.29, 0.717) is 12.2 Å². The van der Waals surface area contributed by atoms with Gasteiger partial charge in [0.15, 0.2) is 0 Å². The maximum absolute atomic E-state index is 10.8. The SMILES string of the molecule is C[C@@H](NCc1cccc(C(=O)O)n1)c1ccccn1. The maximum Gasteiger partial charge on any atom is 0.354 e. The molecule has 0 spiro atoms. The third kappa shape index (κ3) is 3.59. The Morgan fingerprint density at radius 2 is 2.16 bits per heavy atom. The van der Waals surface area contributed by atoms with Gasteiger partial charge in [-0.3, -0.25) is 4.98 Å². The Balaban J connectivity index is 1.99. The third-order valence-corrected chi connectivity index (χ3v) is 2.75. The van der Waals surface area contributed by atoms with Crippen molar-refractivity contribution < 1.29 is 9.90 Å². The molecule has 0 unspecified atom stereocenters. The highest BCUT2D eigenvalue weighted by Crippen LogP contribution is 2.09. The number of carboxylic acid groups (broad SMARTS) is 1. The zero-order valence-corrected chi connectivity index (χ0v) is 10.6. The van der Waals surface area contributed by atoms with E-state index in [-0.39, 0.29) is 11.7 Å². The van der Waals surface area contributed by atoms with Crippen LogP contribution in [0.2, 0.25) is 0 Å². The van der Waals surface area contributed by atoms with Gasteiger partial charge in [-0.15, -0.1) is 0 Å². The van der Waals surface area contributed by atoms with Gasteiger partial charge in [0.05, 0.1) is 11.4 Å². The molecule has 0 bridgehead atoms. The van der Waals surface area contributed by atoms with Gasteiger partial charge in [-0.05, 0) is 31.2 Å². The van der Waals surface area contributed by atoms with Gasteiger partial charge in [-0.25, -0.2) is 9.78 Å². The summed E-state index contributed by atoms with van der Waals surface area (Å²) in [5.41, 5.74) is 1.70. The number of rotatable bonds is 5. The minimum absolute atomic E-state index is 0.0600. The molecule has 0 aliphatic rings. The fraction of sp³-hybridized carbons (Fsp3) is 0.214. The van der Waals surface area contributed by atoms with E-state index in [1.54, 1.807) is 18.3 Å². The molecule has 19 heavy (non-hydrogen) atoms. The second kappa shape index (κ2) is 6.06. The molecule has 98 valence electrons. The molecular weight excluding hydrogens is 242 g/mol. The van der Waals surface area contributed by atoms with Gasteiger partial charge in [-0.1, -0.05) is 12.1 Å². The zero-order chi connectivity index (χ0) is 13.7. The molecule has 1 atom stereocenters. The molecule has 0 aromatic carbocycles. The molecule has 2 rings (SSSR count). The van der Waals surface area contributed by atoms with Crippen LogP contribution in [0.4, 0.5) is 0 Å². The summed E-state index contributed by atoms with van der Waals surface area (Å²) < 4.78 is 0. The van der Waals surface area contributed by atoms with Crippen molar-refractivity contribution >= 4 is 5.97 Å². The van der Waals surface area contributed by atoms with Crippen LogP contribution in [0, 0.1) is 0 Å². The Labute approximate surface area is 111 Å². The number of pyridine rings is 2. The minimum Gasteiger partial charge on any atom is -0.477 e. The average molecular weight is 257 g/mol. The first-order valence-corrected chi connectivity index (χ1v) is 6.00. The first-order chi connectivity index (χ1) is 9.16. The van der Waals surface area contributed by atoms with Gasteiger partial charge >= 0.3 is 5.97 Å². The number of hydrogen-bond acceptors (Lipinski definition) is 4. The summed E-state index contributed by atoms with van der Waals surface area (Å²) in [5.74, 6) is -1.01. The van der Waals surface area contributed by atoms with Crippen molar-refractivity contribution in [2.45, 2.75) is 19.5 Å². The van der Waals surface area contributed by atoms with Crippen LogP contribution in [0.1, 0.15) is 34.8 Å². The van der Waals surface area contributed by atoms with E-state index in [9.17, 15) is 4.79 Å². The van der Waals surface area contributed by atoms with Gasteiger partial charge in [0, 0.05) is 18.8 Å². The van der Waals surface area contributed by atoms with Crippen LogP contribution in [0.3, 0.4) is 0 Å². The van der Waals surface area contributed by atoms with Crippen molar-refractivity contribution in [3.63, 3.8) is 0 Å². The number of nitrogens with zero attached hydrogens (tertiary/aromatic N) is 2. The van der Waals surface area contributed by atoms with Crippen LogP contribution in [-0.2, 0) is 6.54 Å². The van der Waals surface area contributed by atoms with Crippen LogP contribution in [0.5, 0.6) is 0 Å². The monoisotopic (exact) mass is 257 g/mol. The topological polar surface area (TPSA) is 75.1 Å². The number of aromatic carboxylic acids is 1. The molecule has 0 saturated carbocycles. The van der Waals surface area contributed by atoms with Crippen LogP contribution < -0.4 is 5.32 Å². The molecule has 5 heteroatoms. The smallest absolute Gasteiger partial charge is 0.354 e.